The number of aliphatic imine (C=N–C) groups is 2. The average molecular weight is 282 g/mol. The minimum Gasteiger partial charge on any atom is -0.288 e. The first-order valence-electron chi connectivity index (χ1n) is 6.82. The fraction of sp³-hybridized carbons (Fsp3) is 0.333. The summed E-state index contributed by atoms with van der Waals surface area (Å²) in [7, 11) is 0. The van der Waals surface area contributed by atoms with Crippen molar-refractivity contribution in [2.45, 2.75) is 20.3 Å². The van der Waals surface area contributed by atoms with E-state index in [1.807, 2.05) is 13.8 Å². The molecule has 2 aromatic heterocycles. The van der Waals surface area contributed by atoms with Gasteiger partial charge in [-0.25, -0.2) is 0 Å². The predicted octanol–water partition coefficient (Wildman–Crippen LogP) is 1.97. The van der Waals surface area contributed by atoms with E-state index in [0.717, 1.165) is 42.3 Å². The Kier molecular flexibility index (Phi) is 5.63. The summed E-state index contributed by atoms with van der Waals surface area (Å²) in [6.45, 7) is 5.33. The topological polar surface area (TPSA) is 76.3 Å². The molecule has 108 valence electrons. The van der Waals surface area contributed by atoms with Crippen LogP contribution in [-0.4, -0.2) is 44.4 Å². The third kappa shape index (κ3) is 4.83. The molecule has 6 heteroatoms. The van der Waals surface area contributed by atoms with Crippen LogP contribution in [0.2, 0.25) is 0 Å². The van der Waals surface area contributed by atoms with Crippen molar-refractivity contribution in [2.75, 3.05) is 13.1 Å². The van der Waals surface area contributed by atoms with E-state index in [2.05, 4.69) is 29.9 Å². The van der Waals surface area contributed by atoms with E-state index in [-0.39, 0.29) is 0 Å². The van der Waals surface area contributed by atoms with Crippen LogP contribution in [0.25, 0.3) is 0 Å². The summed E-state index contributed by atoms with van der Waals surface area (Å²) in [5.41, 5.74) is 3.43. The molecule has 0 unspecified atom stereocenters. The van der Waals surface area contributed by atoms with Gasteiger partial charge in [-0.1, -0.05) is 0 Å². The molecule has 0 N–H and O–H groups in total. The summed E-state index contributed by atoms with van der Waals surface area (Å²) < 4.78 is 0. The molecule has 6 nitrogen and oxygen atoms in total. The van der Waals surface area contributed by atoms with Gasteiger partial charge < -0.3 is 0 Å². The van der Waals surface area contributed by atoms with Gasteiger partial charge in [0, 0.05) is 37.9 Å². The number of hydrogen-bond acceptors (Lipinski definition) is 6. The van der Waals surface area contributed by atoms with Gasteiger partial charge in [0.05, 0.1) is 23.8 Å². The average Bonchev–Trinajstić information content (AvgIpc) is 2.55. The van der Waals surface area contributed by atoms with Crippen LogP contribution < -0.4 is 0 Å². The zero-order valence-electron chi connectivity index (χ0n) is 12.3. The van der Waals surface area contributed by atoms with Crippen molar-refractivity contribution in [3.8, 4) is 0 Å². The summed E-state index contributed by atoms with van der Waals surface area (Å²) in [6, 6.07) is 0. The highest BCUT2D eigenvalue weighted by Gasteiger charge is 1.98. The quantitative estimate of drug-likeness (QED) is 0.599. The van der Waals surface area contributed by atoms with Gasteiger partial charge in [0.25, 0.3) is 0 Å². The van der Waals surface area contributed by atoms with E-state index in [1.54, 1.807) is 37.2 Å². The van der Waals surface area contributed by atoms with Crippen molar-refractivity contribution >= 4 is 11.4 Å². The lowest BCUT2D eigenvalue weighted by Crippen LogP contribution is -2.02. The molecule has 0 aliphatic carbocycles. The number of hydrogen-bond donors (Lipinski definition) is 0. The predicted molar refractivity (Wildman–Crippen MR) is 82.8 cm³/mol. The molecule has 2 heterocycles. The third-order valence-electron chi connectivity index (χ3n) is 2.88. The Labute approximate surface area is 124 Å². The highest BCUT2D eigenvalue weighted by molar-refractivity contribution is 5.97. The Balaban J connectivity index is 1.80. The molecule has 0 spiro atoms. The van der Waals surface area contributed by atoms with Crippen LogP contribution >= 0.6 is 0 Å². The molecule has 0 aliphatic rings. The van der Waals surface area contributed by atoms with Crippen molar-refractivity contribution in [3.05, 3.63) is 48.6 Å². The van der Waals surface area contributed by atoms with E-state index in [0.29, 0.717) is 0 Å². The maximum absolute atomic E-state index is 4.48. The van der Waals surface area contributed by atoms with Crippen LogP contribution in [0, 0.1) is 0 Å². The minimum atomic E-state index is 0.722. The van der Waals surface area contributed by atoms with Crippen molar-refractivity contribution in [3.63, 3.8) is 0 Å². The third-order valence-corrected chi connectivity index (χ3v) is 2.88. The summed E-state index contributed by atoms with van der Waals surface area (Å²) in [4.78, 5) is 25.4. The molecule has 0 fully saturated rings. The second kappa shape index (κ2) is 7.94. The monoisotopic (exact) mass is 282 g/mol. The molecule has 0 aliphatic heterocycles. The van der Waals surface area contributed by atoms with E-state index >= 15 is 0 Å². The van der Waals surface area contributed by atoms with E-state index in [1.165, 1.54) is 0 Å². The fourth-order valence-corrected chi connectivity index (χ4v) is 1.70. The normalized spacial score (nSPS) is 12.5. The Morgan fingerprint density at radius 1 is 0.810 bits per heavy atom. The van der Waals surface area contributed by atoms with Crippen LogP contribution in [0.3, 0.4) is 0 Å². The van der Waals surface area contributed by atoms with Gasteiger partial charge in [0.2, 0.25) is 0 Å². The number of rotatable bonds is 6. The van der Waals surface area contributed by atoms with Gasteiger partial charge in [0.15, 0.2) is 0 Å². The SMILES string of the molecule is CC(=NCCCN=C(C)c1cnccn1)c1cnccn1. The molecular weight excluding hydrogens is 264 g/mol. The molecule has 0 saturated heterocycles. The number of nitrogens with zero attached hydrogens (tertiary/aromatic N) is 6. The highest BCUT2D eigenvalue weighted by atomic mass is 14.8. The van der Waals surface area contributed by atoms with E-state index in [9.17, 15) is 0 Å². The van der Waals surface area contributed by atoms with E-state index in [4.69, 9.17) is 0 Å². The first-order valence-corrected chi connectivity index (χ1v) is 6.82. The van der Waals surface area contributed by atoms with E-state index < -0.39 is 0 Å². The van der Waals surface area contributed by atoms with Crippen LogP contribution in [0.15, 0.2) is 47.2 Å². The Hall–Kier alpha value is -2.50. The van der Waals surface area contributed by atoms with Gasteiger partial charge in [0.1, 0.15) is 11.4 Å². The maximum atomic E-state index is 4.48. The smallest absolute Gasteiger partial charge is 0.102 e. The summed E-state index contributed by atoms with van der Waals surface area (Å²) in [6.07, 6.45) is 11.0. The van der Waals surface area contributed by atoms with Crippen LogP contribution in [0.1, 0.15) is 31.7 Å². The second-order valence-electron chi connectivity index (χ2n) is 4.47. The Morgan fingerprint density at radius 3 is 1.67 bits per heavy atom. The van der Waals surface area contributed by atoms with Crippen LogP contribution in [-0.2, 0) is 0 Å². The summed E-state index contributed by atoms with van der Waals surface area (Å²) in [5, 5.41) is 0. The lowest BCUT2D eigenvalue weighted by atomic mass is 10.3. The number of aromatic nitrogens is 4. The van der Waals surface area contributed by atoms with Crippen molar-refractivity contribution in [1.82, 2.24) is 19.9 Å². The maximum Gasteiger partial charge on any atom is 0.102 e. The molecule has 0 aromatic carbocycles. The summed E-state index contributed by atoms with van der Waals surface area (Å²) >= 11 is 0. The first kappa shape index (κ1) is 14.9. The zero-order chi connectivity index (χ0) is 14.9. The largest absolute Gasteiger partial charge is 0.288 e. The molecule has 2 aromatic rings. The van der Waals surface area contributed by atoms with Gasteiger partial charge in [-0.3, -0.25) is 29.9 Å². The van der Waals surface area contributed by atoms with Gasteiger partial charge in [-0.2, -0.15) is 0 Å². The van der Waals surface area contributed by atoms with Crippen molar-refractivity contribution in [1.29, 1.82) is 0 Å². The molecular formula is C15H18N6. The van der Waals surface area contributed by atoms with Crippen LogP contribution in [0.4, 0.5) is 0 Å². The molecule has 0 saturated carbocycles. The zero-order valence-corrected chi connectivity index (χ0v) is 12.3. The lowest BCUT2D eigenvalue weighted by Gasteiger charge is -2.00. The Bertz CT molecular complexity index is 551. The minimum absolute atomic E-state index is 0.722. The molecule has 2 rings (SSSR count). The second-order valence-corrected chi connectivity index (χ2v) is 4.47. The van der Waals surface area contributed by atoms with Gasteiger partial charge >= 0.3 is 0 Å². The van der Waals surface area contributed by atoms with Gasteiger partial charge in [-0.05, 0) is 20.3 Å². The Morgan fingerprint density at radius 2 is 1.29 bits per heavy atom. The first-order chi connectivity index (χ1) is 10.3. The van der Waals surface area contributed by atoms with Crippen molar-refractivity contribution in [2.24, 2.45) is 9.98 Å². The molecule has 21 heavy (non-hydrogen) atoms. The van der Waals surface area contributed by atoms with Gasteiger partial charge in [-0.15, -0.1) is 0 Å². The molecule has 0 bridgehead atoms. The lowest BCUT2D eigenvalue weighted by molar-refractivity contribution is 0.843. The fourth-order valence-electron chi connectivity index (χ4n) is 1.70. The molecule has 0 radical (unpaired) electrons. The summed E-state index contributed by atoms with van der Waals surface area (Å²) in [5.74, 6) is 0. The highest BCUT2D eigenvalue weighted by Crippen LogP contribution is 1.97. The van der Waals surface area contributed by atoms with Crippen molar-refractivity contribution < 1.29 is 0 Å². The standard InChI is InChI=1S/C15H18N6/c1-12(14-10-16-6-8-20-14)18-4-3-5-19-13(2)15-11-17-7-9-21-15/h6-11H,3-5H2,1-2H3. The molecule has 0 atom stereocenters. The molecule has 0 amide bonds. The van der Waals surface area contributed by atoms with Crippen LogP contribution in [0.5, 0.6) is 0 Å².